The van der Waals surface area contributed by atoms with Crippen LogP contribution in [0.4, 0.5) is 11.4 Å². The number of ether oxygens (including phenoxy) is 1. The van der Waals surface area contributed by atoms with Gasteiger partial charge in [0.2, 0.25) is 0 Å². The number of hydrogen-bond acceptors (Lipinski definition) is 7. The minimum atomic E-state index is -0.341. The summed E-state index contributed by atoms with van der Waals surface area (Å²) in [5, 5.41) is 23.2. The lowest BCUT2D eigenvalue weighted by atomic mass is 10.0. The highest BCUT2D eigenvalue weighted by atomic mass is 32.2. The van der Waals surface area contributed by atoms with Gasteiger partial charge in [0, 0.05) is 17.0 Å². The van der Waals surface area contributed by atoms with Gasteiger partial charge in [0.1, 0.15) is 18.8 Å². The number of nitro benzene ring substituents is 2. The van der Waals surface area contributed by atoms with E-state index in [0.717, 1.165) is 37.3 Å². The van der Waals surface area contributed by atoms with Crippen LogP contribution in [0.1, 0.15) is 19.3 Å². The summed E-state index contributed by atoms with van der Waals surface area (Å²) in [7, 11) is 0. The first-order valence-corrected chi connectivity index (χ1v) is 12.2. The van der Waals surface area contributed by atoms with Crippen LogP contribution in [0.15, 0.2) is 68.9 Å². The Kier molecular flexibility index (Phi) is 7.46. The van der Waals surface area contributed by atoms with Crippen LogP contribution in [0.5, 0.6) is 0 Å². The summed E-state index contributed by atoms with van der Waals surface area (Å²) < 4.78 is 5.56. The summed E-state index contributed by atoms with van der Waals surface area (Å²) in [5.41, 5.74) is 1.44. The maximum absolute atomic E-state index is 11.5. The van der Waals surface area contributed by atoms with Crippen molar-refractivity contribution in [2.75, 3.05) is 26.3 Å². The van der Waals surface area contributed by atoms with Gasteiger partial charge in [0.25, 0.3) is 11.4 Å². The molecule has 1 heterocycles. The molecule has 0 radical (unpaired) electrons. The third kappa shape index (κ3) is 5.15. The van der Waals surface area contributed by atoms with Crippen LogP contribution in [0, 0.1) is 20.2 Å². The van der Waals surface area contributed by atoms with Gasteiger partial charge in [0.15, 0.2) is 0 Å². The lowest BCUT2D eigenvalue weighted by Gasteiger charge is -2.34. The number of nitrogens with one attached hydrogen (secondary N) is 1. The summed E-state index contributed by atoms with van der Waals surface area (Å²) in [4.78, 5) is 26.1. The van der Waals surface area contributed by atoms with Crippen molar-refractivity contribution in [1.82, 2.24) is 0 Å². The average molecular weight is 475 g/mol. The lowest BCUT2D eigenvalue weighted by molar-refractivity contribution is -0.871. The molecule has 0 unspecified atom stereocenters. The molecule has 0 spiro atoms. The van der Waals surface area contributed by atoms with Crippen LogP contribution in [0.25, 0.3) is 0 Å². The van der Waals surface area contributed by atoms with Crippen LogP contribution < -0.4 is 4.90 Å². The molecule has 1 aliphatic carbocycles. The largest absolute Gasteiger partial charge is 0.370 e. The van der Waals surface area contributed by atoms with E-state index in [1.165, 1.54) is 40.2 Å². The zero-order valence-electron chi connectivity index (χ0n) is 17.4. The topological polar surface area (TPSA) is 100.0 Å². The molecule has 1 aliphatic heterocycles. The number of nitro groups is 2. The smallest absolute Gasteiger partial charge is 0.283 e. The van der Waals surface area contributed by atoms with Crippen molar-refractivity contribution in [3.05, 3.63) is 79.4 Å². The van der Waals surface area contributed by atoms with E-state index in [-0.39, 0.29) is 26.5 Å². The molecule has 4 rings (SSSR count). The van der Waals surface area contributed by atoms with E-state index in [2.05, 4.69) is 0 Å². The van der Waals surface area contributed by atoms with E-state index < -0.39 is 0 Å². The highest BCUT2D eigenvalue weighted by Crippen LogP contribution is 2.44. The van der Waals surface area contributed by atoms with Gasteiger partial charge >= 0.3 is 0 Å². The van der Waals surface area contributed by atoms with Crippen LogP contribution in [0.3, 0.4) is 0 Å². The van der Waals surface area contributed by atoms with Crippen molar-refractivity contribution in [1.29, 1.82) is 0 Å². The minimum Gasteiger partial charge on any atom is -0.370 e. The number of para-hydroxylation sites is 2. The molecule has 2 aromatic rings. The first-order chi connectivity index (χ1) is 15.5. The molecule has 1 saturated heterocycles. The Morgan fingerprint density at radius 2 is 1.50 bits per heavy atom. The summed E-state index contributed by atoms with van der Waals surface area (Å²) >= 11 is 3.01. The van der Waals surface area contributed by atoms with E-state index in [1.54, 1.807) is 30.3 Å². The van der Waals surface area contributed by atoms with Crippen LogP contribution in [-0.4, -0.2) is 41.4 Å². The molecular weight excluding hydrogens is 450 g/mol. The molecular formula is C22H24N3O5S2+. The number of benzene rings is 2. The van der Waals surface area contributed by atoms with Gasteiger partial charge in [-0.3, -0.25) is 20.2 Å². The van der Waals surface area contributed by atoms with Crippen LogP contribution in [0.2, 0.25) is 0 Å². The number of allylic oxidation sites excluding steroid dienone is 1. The molecule has 1 N–H and O–H groups in total. The van der Waals surface area contributed by atoms with E-state index >= 15 is 0 Å². The van der Waals surface area contributed by atoms with Crippen molar-refractivity contribution >= 4 is 34.9 Å². The van der Waals surface area contributed by atoms with Crippen molar-refractivity contribution < 1.29 is 19.5 Å². The van der Waals surface area contributed by atoms with Crippen molar-refractivity contribution in [3.63, 3.8) is 0 Å². The zero-order chi connectivity index (χ0) is 22.5. The van der Waals surface area contributed by atoms with Gasteiger partial charge in [-0.05, 0) is 31.4 Å². The Morgan fingerprint density at radius 3 is 2.16 bits per heavy atom. The highest BCUT2D eigenvalue weighted by molar-refractivity contribution is 8.03. The van der Waals surface area contributed by atoms with E-state index in [1.807, 2.05) is 12.1 Å². The Morgan fingerprint density at radius 1 is 0.906 bits per heavy atom. The second-order valence-electron chi connectivity index (χ2n) is 7.60. The summed E-state index contributed by atoms with van der Waals surface area (Å²) in [6, 6.07) is 13.7. The quantitative estimate of drug-likeness (QED) is 0.477. The zero-order valence-corrected chi connectivity index (χ0v) is 19.0. The van der Waals surface area contributed by atoms with Gasteiger partial charge in [-0.15, -0.1) is 11.8 Å². The predicted molar refractivity (Wildman–Crippen MR) is 124 cm³/mol. The molecule has 0 saturated carbocycles. The van der Waals surface area contributed by atoms with Gasteiger partial charge in [-0.25, -0.2) is 0 Å². The fraction of sp³-hybridized carbons (Fsp3) is 0.364. The summed E-state index contributed by atoms with van der Waals surface area (Å²) in [6.07, 6.45) is 2.70. The first kappa shape index (κ1) is 22.8. The third-order valence-electron chi connectivity index (χ3n) is 5.60. The van der Waals surface area contributed by atoms with Crippen molar-refractivity contribution in [3.8, 4) is 0 Å². The van der Waals surface area contributed by atoms with Gasteiger partial charge in [-0.1, -0.05) is 36.0 Å². The second-order valence-corrected chi connectivity index (χ2v) is 9.98. The Labute approximate surface area is 194 Å². The number of morpholine rings is 1. The molecule has 0 bridgehead atoms. The number of thioether (sulfide) groups is 2. The number of rotatable bonds is 7. The molecule has 168 valence electrons. The van der Waals surface area contributed by atoms with E-state index in [9.17, 15) is 20.2 Å². The fourth-order valence-corrected chi connectivity index (χ4v) is 6.95. The lowest BCUT2D eigenvalue weighted by Crippen LogP contribution is -3.13. The number of quaternary nitrogens is 1. The minimum absolute atomic E-state index is 0.0724. The molecule has 2 aliphatic rings. The monoisotopic (exact) mass is 474 g/mol. The SMILES string of the molecule is O=[N+]([O-])c1ccccc1SC1=C([NH+]2CCOCC2)[C@@H](Sc2ccccc2[N+](=O)[O-])CCC1. The standard InChI is InChI=1S/C22H23N3O5S2/c26-24(27)16-6-1-3-8-18(16)31-20-10-5-11-21(22(20)23-12-14-30-15-13-23)32-19-9-4-2-7-17(19)25(28)29/h1-4,6-9,20H,5,10-15H2/p+1/t20-/m0/s1. The molecule has 1 atom stereocenters. The summed E-state index contributed by atoms with van der Waals surface area (Å²) in [6.45, 7) is 2.96. The van der Waals surface area contributed by atoms with E-state index in [4.69, 9.17) is 4.74 Å². The number of nitrogens with zero attached hydrogens (tertiary/aromatic N) is 2. The number of hydrogen-bond donors (Lipinski definition) is 1. The normalized spacial score (nSPS) is 19.7. The molecule has 0 amide bonds. The van der Waals surface area contributed by atoms with Crippen LogP contribution >= 0.6 is 23.5 Å². The Balaban J connectivity index is 1.72. The molecule has 1 fully saturated rings. The Hall–Kier alpha value is -2.40. The predicted octanol–water partition coefficient (Wildman–Crippen LogP) is 4.07. The molecule has 8 nitrogen and oxygen atoms in total. The fourth-order valence-electron chi connectivity index (χ4n) is 4.13. The van der Waals surface area contributed by atoms with Crippen molar-refractivity contribution in [2.45, 2.75) is 34.3 Å². The first-order valence-electron chi connectivity index (χ1n) is 10.5. The Bertz CT molecular complexity index is 1040. The summed E-state index contributed by atoms with van der Waals surface area (Å²) in [5.74, 6) is 0. The maximum Gasteiger partial charge on any atom is 0.283 e. The van der Waals surface area contributed by atoms with Crippen molar-refractivity contribution in [2.24, 2.45) is 0 Å². The second kappa shape index (κ2) is 10.5. The molecule has 0 aromatic heterocycles. The van der Waals surface area contributed by atoms with Crippen LogP contribution in [-0.2, 0) is 4.74 Å². The third-order valence-corrected chi connectivity index (χ3v) is 8.19. The molecule has 32 heavy (non-hydrogen) atoms. The van der Waals surface area contributed by atoms with Gasteiger partial charge in [-0.2, -0.15) is 0 Å². The maximum atomic E-state index is 11.5. The molecule has 2 aromatic carbocycles. The average Bonchev–Trinajstić information content (AvgIpc) is 2.80. The van der Waals surface area contributed by atoms with Gasteiger partial charge < -0.3 is 9.64 Å². The van der Waals surface area contributed by atoms with Gasteiger partial charge in [0.05, 0.1) is 38.1 Å². The molecule has 10 heteroatoms. The van der Waals surface area contributed by atoms with E-state index in [0.29, 0.717) is 23.0 Å². The highest BCUT2D eigenvalue weighted by Gasteiger charge is 2.35.